The van der Waals surface area contributed by atoms with Gasteiger partial charge >= 0.3 is 6.03 Å². The Morgan fingerprint density at radius 3 is 2.79 bits per heavy atom. The fraction of sp³-hybridized carbons (Fsp3) is 0.625. The van der Waals surface area contributed by atoms with Crippen molar-refractivity contribution in [3.8, 4) is 0 Å². The van der Waals surface area contributed by atoms with Crippen LogP contribution in [0.4, 0.5) is 10.5 Å². The van der Waals surface area contributed by atoms with Gasteiger partial charge in [-0.15, -0.1) is 0 Å². The minimum atomic E-state index is -0.280. The third-order valence-electron chi connectivity index (χ3n) is 4.24. The molecule has 24 heavy (non-hydrogen) atoms. The molecule has 1 aliphatic rings. The van der Waals surface area contributed by atoms with Crippen LogP contribution in [-0.4, -0.2) is 30.6 Å². The van der Waals surface area contributed by atoms with Crippen molar-refractivity contribution in [1.29, 1.82) is 0 Å². The molecule has 0 saturated heterocycles. The van der Waals surface area contributed by atoms with Gasteiger partial charge in [0.25, 0.3) is 0 Å². The van der Waals surface area contributed by atoms with Gasteiger partial charge in [0.15, 0.2) is 0 Å². The van der Waals surface area contributed by atoms with E-state index >= 15 is 0 Å². The van der Waals surface area contributed by atoms with Gasteiger partial charge in [0.2, 0.25) is 0 Å². The van der Waals surface area contributed by atoms with E-state index < -0.39 is 0 Å². The molecule has 1 aliphatic carbocycles. The van der Waals surface area contributed by atoms with Crippen molar-refractivity contribution in [1.82, 2.24) is 29.9 Å². The molecule has 8 nitrogen and oxygen atoms in total. The Kier molecular flexibility index (Phi) is 4.29. The molecule has 2 amide bonds. The zero-order valence-corrected chi connectivity index (χ0v) is 14.7. The smallest absolute Gasteiger partial charge is 0.319 e. The van der Waals surface area contributed by atoms with Crippen LogP contribution in [0.3, 0.4) is 0 Å². The summed E-state index contributed by atoms with van der Waals surface area (Å²) in [6.45, 7) is 8.60. The molecule has 2 aromatic heterocycles. The van der Waals surface area contributed by atoms with Gasteiger partial charge in [-0.3, -0.25) is 4.68 Å². The first-order valence-electron chi connectivity index (χ1n) is 8.33. The van der Waals surface area contributed by atoms with Crippen molar-refractivity contribution in [2.75, 3.05) is 5.32 Å². The quantitative estimate of drug-likeness (QED) is 0.881. The molecule has 1 atom stereocenters. The van der Waals surface area contributed by atoms with Gasteiger partial charge in [0.1, 0.15) is 12.2 Å². The molecule has 0 radical (unpaired) electrons. The highest BCUT2D eigenvalue weighted by Crippen LogP contribution is 2.39. The van der Waals surface area contributed by atoms with Crippen LogP contribution in [0.1, 0.15) is 52.4 Å². The molecule has 3 rings (SSSR count). The average molecular weight is 331 g/mol. The number of carbonyl (C=O) groups excluding carboxylic acids is 1. The molecule has 0 spiro atoms. The number of carbonyl (C=O) groups is 1. The summed E-state index contributed by atoms with van der Waals surface area (Å²) < 4.78 is 3.73. The van der Waals surface area contributed by atoms with E-state index in [0.717, 1.165) is 11.7 Å². The minimum Gasteiger partial charge on any atom is -0.331 e. The van der Waals surface area contributed by atoms with Crippen LogP contribution in [0, 0.1) is 5.92 Å². The van der Waals surface area contributed by atoms with E-state index in [9.17, 15) is 4.79 Å². The van der Waals surface area contributed by atoms with Crippen LogP contribution < -0.4 is 10.6 Å². The zero-order chi connectivity index (χ0) is 17.3. The highest BCUT2D eigenvalue weighted by atomic mass is 16.2. The topological polar surface area (TPSA) is 89.7 Å². The predicted molar refractivity (Wildman–Crippen MR) is 90.5 cm³/mol. The van der Waals surface area contributed by atoms with Crippen LogP contribution in [0.2, 0.25) is 0 Å². The molecular formula is C16H25N7O. The summed E-state index contributed by atoms with van der Waals surface area (Å²) in [6, 6.07) is 0.103. The lowest BCUT2D eigenvalue weighted by atomic mass is 10.1. The summed E-state index contributed by atoms with van der Waals surface area (Å²) in [5, 5.41) is 14.2. The number of aromatic nitrogens is 5. The Morgan fingerprint density at radius 1 is 1.38 bits per heavy atom. The number of hydrogen-bond donors (Lipinski definition) is 2. The van der Waals surface area contributed by atoms with Crippen LogP contribution in [0.15, 0.2) is 18.7 Å². The van der Waals surface area contributed by atoms with E-state index in [1.807, 2.05) is 36.3 Å². The van der Waals surface area contributed by atoms with Crippen LogP contribution in [0.5, 0.6) is 0 Å². The first kappa shape index (κ1) is 16.5. The lowest BCUT2D eigenvalue weighted by Crippen LogP contribution is -2.32. The van der Waals surface area contributed by atoms with Crippen molar-refractivity contribution < 1.29 is 4.79 Å². The molecule has 8 heteroatoms. The van der Waals surface area contributed by atoms with Gasteiger partial charge in [0, 0.05) is 6.20 Å². The molecular weight excluding hydrogens is 306 g/mol. The maximum Gasteiger partial charge on any atom is 0.319 e. The molecule has 1 unspecified atom stereocenters. The Bertz CT molecular complexity index is 708. The zero-order valence-electron chi connectivity index (χ0n) is 14.7. The first-order valence-corrected chi connectivity index (χ1v) is 8.33. The van der Waals surface area contributed by atoms with Gasteiger partial charge in [-0.1, -0.05) is 0 Å². The van der Waals surface area contributed by atoms with Gasteiger partial charge in [-0.2, -0.15) is 10.2 Å². The second kappa shape index (κ2) is 6.26. The summed E-state index contributed by atoms with van der Waals surface area (Å²) in [7, 11) is 0. The third kappa shape index (κ3) is 3.74. The fourth-order valence-electron chi connectivity index (χ4n) is 2.70. The number of hydrogen-bond acceptors (Lipinski definition) is 4. The molecule has 1 saturated carbocycles. The molecule has 1 fully saturated rings. The minimum absolute atomic E-state index is 0.177. The molecule has 0 aliphatic heterocycles. The van der Waals surface area contributed by atoms with E-state index in [-0.39, 0.29) is 11.6 Å². The summed E-state index contributed by atoms with van der Waals surface area (Å²) in [5.74, 6) is 1.44. The Hall–Kier alpha value is -2.38. The molecule has 0 bridgehead atoms. The average Bonchev–Trinajstić information content (AvgIpc) is 3.06. The highest BCUT2D eigenvalue weighted by molar-refractivity contribution is 5.88. The second-order valence-corrected chi connectivity index (χ2v) is 7.35. The maximum atomic E-state index is 12.1. The summed E-state index contributed by atoms with van der Waals surface area (Å²) >= 11 is 0. The monoisotopic (exact) mass is 331 g/mol. The number of amides is 2. The molecule has 2 aromatic rings. The van der Waals surface area contributed by atoms with Gasteiger partial charge < -0.3 is 10.6 Å². The summed E-state index contributed by atoms with van der Waals surface area (Å²) in [6.07, 6.45) is 7.58. The van der Waals surface area contributed by atoms with E-state index in [2.05, 4.69) is 32.7 Å². The number of urea groups is 1. The van der Waals surface area contributed by atoms with Gasteiger partial charge in [0.05, 0.1) is 30.0 Å². The standard InChI is InChI=1S/C16H25N7O/c1-11(12-5-6-12)22-9-13(7-19-22)21-15(24)17-8-14-18-10-20-23(14)16(2,3)4/h7,9-12H,5-6,8H2,1-4H3,(H2,17,21,24). The van der Waals surface area contributed by atoms with Crippen molar-refractivity contribution in [3.63, 3.8) is 0 Å². The van der Waals surface area contributed by atoms with E-state index in [4.69, 9.17) is 0 Å². The van der Waals surface area contributed by atoms with E-state index in [1.54, 1.807) is 6.20 Å². The van der Waals surface area contributed by atoms with Crippen LogP contribution in [-0.2, 0) is 12.1 Å². The molecule has 2 N–H and O–H groups in total. The second-order valence-electron chi connectivity index (χ2n) is 7.35. The predicted octanol–water partition coefficient (Wildman–Crippen LogP) is 2.52. The number of nitrogens with zero attached hydrogens (tertiary/aromatic N) is 5. The first-order chi connectivity index (χ1) is 11.3. The van der Waals surface area contributed by atoms with Crippen molar-refractivity contribution in [2.24, 2.45) is 5.92 Å². The van der Waals surface area contributed by atoms with Gasteiger partial charge in [-0.05, 0) is 46.5 Å². The largest absolute Gasteiger partial charge is 0.331 e. The number of rotatable bonds is 5. The lowest BCUT2D eigenvalue weighted by molar-refractivity contribution is 0.250. The molecule has 2 heterocycles. The highest BCUT2D eigenvalue weighted by Gasteiger charge is 2.29. The summed E-state index contributed by atoms with van der Waals surface area (Å²) in [5.41, 5.74) is 0.515. The normalized spacial score (nSPS) is 16.0. The van der Waals surface area contributed by atoms with Crippen molar-refractivity contribution >= 4 is 11.7 Å². The van der Waals surface area contributed by atoms with E-state index in [1.165, 1.54) is 19.2 Å². The SMILES string of the molecule is CC(C1CC1)n1cc(NC(=O)NCc2ncnn2C(C)(C)C)cn1. The van der Waals surface area contributed by atoms with Crippen LogP contribution >= 0.6 is 0 Å². The Morgan fingerprint density at radius 2 is 2.12 bits per heavy atom. The maximum absolute atomic E-state index is 12.1. The Balaban J connectivity index is 1.54. The lowest BCUT2D eigenvalue weighted by Gasteiger charge is -2.21. The van der Waals surface area contributed by atoms with Crippen molar-refractivity contribution in [3.05, 3.63) is 24.5 Å². The summed E-state index contributed by atoms with van der Waals surface area (Å²) in [4.78, 5) is 16.3. The number of anilines is 1. The van der Waals surface area contributed by atoms with Crippen LogP contribution in [0.25, 0.3) is 0 Å². The van der Waals surface area contributed by atoms with Gasteiger partial charge in [-0.25, -0.2) is 14.5 Å². The fourth-order valence-corrected chi connectivity index (χ4v) is 2.70. The Labute approximate surface area is 141 Å². The third-order valence-corrected chi connectivity index (χ3v) is 4.24. The molecule has 0 aromatic carbocycles. The molecule has 130 valence electrons. The van der Waals surface area contributed by atoms with Crippen molar-refractivity contribution in [2.45, 2.75) is 58.7 Å². The van der Waals surface area contributed by atoms with E-state index in [0.29, 0.717) is 18.3 Å². The number of nitrogens with one attached hydrogen (secondary N) is 2.